The van der Waals surface area contributed by atoms with Crippen LogP contribution in [0.25, 0.3) is 0 Å². The summed E-state index contributed by atoms with van der Waals surface area (Å²) in [6.45, 7) is 2.33. The van der Waals surface area contributed by atoms with Crippen LogP contribution in [0, 0.1) is 0 Å². The number of aromatic nitrogens is 1. The van der Waals surface area contributed by atoms with Gasteiger partial charge in [-0.05, 0) is 36.0 Å². The molecule has 28 heavy (non-hydrogen) atoms. The highest BCUT2D eigenvalue weighted by Gasteiger charge is 2.42. The number of nitrogens with zero attached hydrogens (tertiary/aromatic N) is 2. The summed E-state index contributed by atoms with van der Waals surface area (Å²) in [6.07, 6.45) is 3.80. The first-order chi connectivity index (χ1) is 13.6. The van der Waals surface area contributed by atoms with Gasteiger partial charge in [0.05, 0.1) is 19.0 Å². The Balaban J connectivity index is 1.35. The number of aromatic hydroxyl groups is 1. The molecule has 1 aromatic heterocycles. The number of phenols is 1. The van der Waals surface area contributed by atoms with Crippen LogP contribution in [0.15, 0.2) is 59.0 Å². The van der Waals surface area contributed by atoms with Gasteiger partial charge >= 0.3 is 0 Å². The number of thiazole rings is 1. The van der Waals surface area contributed by atoms with Crippen LogP contribution in [0.3, 0.4) is 0 Å². The third-order valence-corrected chi connectivity index (χ3v) is 6.17. The highest BCUT2D eigenvalue weighted by Crippen LogP contribution is 2.52. The monoisotopic (exact) mass is 393 g/mol. The van der Waals surface area contributed by atoms with Crippen molar-refractivity contribution in [2.45, 2.75) is 31.1 Å². The molecule has 1 aliphatic rings. The Hall–Kier alpha value is -2.86. The van der Waals surface area contributed by atoms with Crippen molar-refractivity contribution in [1.29, 1.82) is 0 Å². The van der Waals surface area contributed by atoms with Crippen LogP contribution in [-0.4, -0.2) is 23.4 Å². The van der Waals surface area contributed by atoms with Crippen molar-refractivity contribution in [3.63, 3.8) is 0 Å². The van der Waals surface area contributed by atoms with E-state index < -0.39 is 0 Å². The first-order valence-electron chi connectivity index (χ1n) is 9.24. The molecule has 144 valence electrons. The number of ether oxygens (including phenoxy) is 1. The van der Waals surface area contributed by atoms with Gasteiger partial charge in [-0.25, -0.2) is 4.98 Å². The van der Waals surface area contributed by atoms with E-state index in [9.17, 15) is 5.11 Å². The minimum Gasteiger partial charge on any atom is -0.507 e. The smallest absolute Gasteiger partial charge is 0.203 e. The van der Waals surface area contributed by atoms with Crippen molar-refractivity contribution < 1.29 is 9.84 Å². The molecule has 0 saturated heterocycles. The third-order valence-electron chi connectivity index (χ3n) is 5.41. The first-order valence-corrected chi connectivity index (χ1v) is 10.1. The molecule has 0 amide bonds. The van der Waals surface area contributed by atoms with E-state index in [1.165, 1.54) is 5.56 Å². The summed E-state index contributed by atoms with van der Waals surface area (Å²) in [7, 11) is 1.56. The van der Waals surface area contributed by atoms with E-state index in [1.807, 2.05) is 0 Å². The van der Waals surface area contributed by atoms with E-state index in [4.69, 9.17) is 4.74 Å². The molecule has 0 spiro atoms. The van der Waals surface area contributed by atoms with Crippen LogP contribution in [0.5, 0.6) is 11.5 Å². The minimum atomic E-state index is 0.124. The molecule has 1 heterocycles. The summed E-state index contributed by atoms with van der Waals surface area (Å²) in [5, 5.41) is 17.0. The molecule has 5 nitrogen and oxygen atoms in total. The lowest BCUT2D eigenvalue weighted by molar-refractivity contribution is 0.222. The van der Waals surface area contributed by atoms with Gasteiger partial charge in [-0.1, -0.05) is 37.3 Å². The van der Waals surface area contributed by atoms with Gasteiger partial charge in [-0.2, -0.15) is 5.10 Å². The van der Waals surface area contributed by atoms with Crippen molar-refractivity contribution in [2.24, 2.45) is 5.10 Å². The maximum Gasteiger partial charge on any atom is 0.203 e. The van der Waals surface area contributed by atoms with E-state index in [2.05, 4.69) is 58.1 Å². The van der Waals surface area contributed by atoms with Crippen molar-refractivity contribution in [1.82, 2.24) is 4.98 Å². The van der Waals surface area contributed by atoms with Gasteiger partial charge in [-0.3, -0.25) is 5.43 Å². The molecule has 3 aromatic rings. The van der Waals surface area contributed by atoms with E-state index in [-0.39, 0.29) is 11.2 Å². The molecule has 2 aromatic carbocycles. The second-order valence-electron chi connectivity index (χ2n) is 7.40. The average Bonchev–Trinajstić information content (AvgIpc) is 3.16. The van der Waals surface area contributed by atoms with Crippen molar-refractivity contribution in [2.75, 3.05) is 12.5 Å². The first kappa shape index (κ1) is 18.5. The molecule has 2 N–H and O–H groups in total. The van der Waals surface area contributed by atoms with E-state index in [1.54, 1.807) is 42.9 Å². The second-order valence-corrected chi connectivity index (χ2v) is 8.26. The number of hydrogen-bond donors (Lipinski definition) is 2. The Bertz CT molecular complexity index is 978. The largest absolute Gasteiger partial charge is 0.507 e. The Morgan fingerprint density at radius 3 is 2.75 bits per heavy atom. The summed E-state index contributed by atoms with van der Waals surface area (Å²) in [4.78, 5) is 4.68. The van der Waals surface area contributed by atoms with Crippen molar-refractivity contribution >= 4 is 22.7 Å². The number of benzene rings is 2. The maximum absolute atomic E-state index is 9.97. The van der Waals surface area contributed by atoms with Gasteiger partial charge in [0.1, 0.15) is 11.5 Å². The molecular formula is C22H23N3O2S. The normalized spacial score (nSPS) is 21.4. The third kappa shape index (κ3) is 3.73. The molecule has 6 heteroatoms. The predicted octanol–water partition coefficient (Wildman–Crippen LogP) is 5.14. The number of hydrogen-bond acceptors (Lipinski definition) is 6. The summed E-state index contributed by atoms with van der Waals surface area (Å²) < 4.78 is 5.08. The fraction of sp³-hybridized carbons (Fsp3) is 0.273. The predicted molar refractivity (Wildman–Crippen MR) is 114 cm³/mol. The van der Waals surface area contributed by atoms with Gasteiger partial charge < -0.3 is 9.84 Å². The molecule has 0 radical (unpaired) electrons. The second kappa shape index (κ2) is 7.64. The zero-order valence-corrected chi connectivity index (χ0v) is 16.7. The van der Waals surface area contributed by atoms with Gasteiger partial charge in [0.2, 0.25) is 5.13 Å². The van der Waals surface area contributed by atoms with Crippen molar-refractivity contribution in [3.8, 4) is 11.5 Å². The molecule has 4 rings (SSSR count). The molecule has 0 unspecified atom stereocenters. The fourth-order valence-corrected chi connectivity index (χ4v) is 4.50. The van der Waals surface area contributed by atoms with Gasteiger partial charge in [-0.15, -0.1) is 11.3 Å². The van der Waals surface area contributed by atoms with Crippen molar-refractivity contribution in [3.05, 3.63) is 70.7 Å². The van der Waals surface area contributed by atoms with E-state index >= 15 is 0 Å². The standard InChI is InChI=1S/C22H23N3O2S/c1-22(17-6-4-3-5-7-17)11-16(12-22)19-14-28-21(24-19)25-23-13-15-8-9-18(27-2)10-20(15)26/h3-10,13-14,16,26H,11-12H2,1-2H3,(H,24,25)/b23-13+. The van der Waals surface area contributed by atoms with Gasteiger partial charge in [0.25, 0.3) is 0 Å². The van der Waals surface area contributed by atoms with Crippen LogP contribution in [-0.2, 0) is 5.41 Å². The molecule has 1 aliphatic carbocycles. The quantitative estimate of drug-likeness (QED) is 0.450. The summed E-state index contributed by atoms with van der Waals surface area (Å²) >= 11 is 1.55. The Morgan fingerprint density at radius 1 is 1.25 bits per heavy atom. The number of nitrogens with one attached hydrogen (secondary N) is 1. The topological polar surface area (TPSA) is 66.7 Å². The van der Waals surface area contributed by atoms with E-state index in [0.717, 1.165) is 23.7 Å². The zero-order chi connectivity index (χ0) is 19.6. The molecule has 0 aliphatic heterocycles. The van der Waals surface area contributed by atoms with Crippen LogP contribution in [0.1, 0.15) is 42.5 Å². The minimum absolute atomic E-state index is 0.124. The lowest BCUT2D eigenvalue weighted by atomic mass is 9.59. The number of phenolic OH excluding ortho intramolecular Hbond substituents is 1. The highest BCUT2D eigenvalue weighted by molar-refractivity contribution is 7.13. The maximum atomic E-state index is 9.97. The Kier molecular flexibility index (Phi) is 5.05. The summed E-state index contributed by atoms with van der Waals surface area (Å²) in [6, 6.07) is 15.8. The lowest BCUT2D eigenvalue weighted by Crippen LogP contribution is -2.37. The van der Waals surface area contributed by atoms with Crippen LogP contribution in [0.4, 0.5) is 5.13 Å². The summed E-state index contributed by atoms with van der Waals surface area (Å²) in [5.41, 5.74) is 6.35. The highest BCUT2D eigenvalue weighted by atomic mass is 32.1. The molecule has 1 saturated carbocycles. The molecule has 0 bridgehead atoms. The van der Waals surface area contributed by atoms with Crippen LogP contribution in [0.2, 0.25) is 0 Å². The number of hydrazone groups is 1. The molecule has 1 fully saturated rings. The Morgan fingerprint density at radius 2 is 2.04 bits per heavy atom. The molecular weight excluding hydrogens is 370 g/mol. The fourth-order valence-electron chi connectivity index (χ4n) is 3.75. The number of methoxy groups -OCH3 is 1. The van der Waals surface area contributed by atoms with Gasteiger partial charge in [0, 0.05) is 22.9 Å². The van der Waals surface area contributed by atoms with Crippen LogP contribution < -0.4 is 10.2 Å². The Labute approximate surface area is 168 Å². The SMILES string of the molecule is COc1ccc(/C=N/Nc2nc(C3CC(C)(c4ccccc4)C3)cs2)c(O)c1. The van der Waals surface area contributed by atoms with Gasteiger partial charge in [0.15, 0.2) is 0 Å². The van der Waals surface area contributed by atoms with Crippen LogP contribution >= 0.6 is 11.3 Å². The number of rotatable bonds is 6. The molecule has 0 atom stereocenters. The lowest BCUT2D eigenvalue weighted by Gasteiger charge is -2.45. The summed E-state index contributed by atoms with van der Waals surface area (Å²) in [5.74, 6) is 1.22. The average molecular weight is 394 g/mol. The van der Waals surface area contributed by atoms with E-state index in [0.29, 0.717) is 17.2 Å². The zero-order valence-electron chi connectivity index (χ0n) is 15.9. The number of anilines is 1.